The van der Waals surface area contributed by atoms with Gasteiger partial charge in [-0.2, -0.15) is 0 Å². The van der Waals surface area contributed by atoms with Crippen LogP contribution in [0.5, 0.6) is 11.5 Å². The van der Waals surface area contributed by atoms with Gasteiger partial charge < -0.3 is 19.0 Å². The molecular formula is C24H21N5O4. The maximum absolute atomic E-state index is 9.34. The Bertz CT molecular complexity index is 1340. The van der Waals surface area contributed by atoms with Crippen LogP contribution < -0.4 is 9.47 Å². The zero-order valence-electron chi connectivity index (χ0n) is 17.9. The van der Waals surface area contributed by atoms with Crippen molar-refractivity contribution in [3.05, 3.63) is 78.2 Å². The van der Waals surface area contributed by atoms with Gasteiger partial charge in [0.2, 0.25) is 5.89 Å². The summed E-state index contributed by atoms with van der Waals surface area (Å²) in [5, 5.41) is 26.7. The van der Waals surface area contributed by atoms with Crippen molar-refractivity contribution in [3.63, 3.8) is 0 Å². The lowest BCUT2D eigenvalue weighted by Gasteiger charge is -2.11. The van der Waals surface area contributed by atoms with Gasteiger partial charge in [0.15, 0.2) is 6.61 Å². The van der Waals surface area contributed by atoms with Gasteiger partial charge in [-0.25, -0.2) is 0 Å². The van der Waals surface area contributed by atoms with Gasteiger partial charge in [0.1, 0.15) is 28.2 Å². The fourth-order valence-electron chi connectivity index (χ4n) is 3.40. The van der Waals surface area contributed by atoms with Crippen molar-refractivity contribution in [3.8, 4) is 28.6 Å². The number of ether oxygens (including phenoxy) is 2. The highest BCUT2D eigenvalue weighted by molar-refractivity contribution is 5.73. The number of methoxy groups -OCH3 is 1. The van der Waals surface area contributed by atoms with E-state index in [0.29, 0.717) is 29.6 Å². The Kier molecular flexibility index (Phi) is 5.69. The second-order valence-corrected chi connectivity index (χ2v) is 7.27. The molecule has 9 heteroatoms. The smallest absolute Gasteiger partial charge is 0.254 e. The molecule has 0 bridgehead atoms. The van der Waals surface area contributed by atoms with Gasteiger partial charge in [0.25, 0.3) is 5.89 Å². The van der Waals surface area contributed by atoms with Gasteiger partial charge in [-0.3, -0.25) is 0 Å². The Labute approximate surface area is 189 Å². The van der Waals surface area contributed by atoms with Gasteiger partial charge in [-0.15, -0.1) is 25.2 Å². The van der Waals surface area contributed by atoms with Crippen LogP contribution in [0.25, 0.3) is 28.2 Å². The monoisotopic (exact) mass is 443 g/mol. The molecule has 9 nitrogen and oxygen atoms in total. The van der Waals surface area contributed by atoms with Gasteiger partial charge in [-0.1, -0.05) is 18.2 Å². The first-order chi connectivity index (χ1) is 16.2. The van der Waals surface area contributed by atoms with Gasteiger partial charge in [0, 0.05) is 12.2 Å². The van der Waals surface area contributed by atoms with Crippen LogP contribution in [0, 0.1) is 0 Å². The van der Waals surface area contributed by atoms with E-state index in [0.717, 1.165) is 27.9 Å². The average molecular weight is 443 g/mol. The third-order valence-corrected chi connectivity index (χ3v) is 5.08. The van der Waals surface area contributed by atoms with Crippen LogP contribution in [0.4, 0.5) is 0 Å². The maximum Gasteiger partial charge on any atom is 0.254 e. The molecule has 0 atom stereocenters. The normalized spacial score (nSPS) is 11.1. The van der Waals surface area contributed by atoms with Gasteiger partial charge >= 0.3 is 0 Å². The topological polar surface area (TPSA) is 108 Å². The molecule has 166 valence electrons. The number of aromatic nitrogens is 5. The lowest BCUT2D eigenvalue weighted by molar-refractivity contribution is 0.263. The quantitative estimate of drug-likeness (QED) is 0.388. The molecule has 0 amide bonds. The van der Waals surface area contributed by atoms with Crippen molar-refractivity contribution in [2.75, 3.05) is 13.7 Å². The first-order valence-electron chi connectivity index (χ1n) is 10.4. The predicted molar refractivity (Wildman–Crippen MR) is 120 cm³/mol. The van der Waals surface area contributed by atoms with Crippen LogP contribution in [0.3, 0.4) is 0 Å². The molecule has 0 spiro atoms. The summed E-state index contributed by atoms with van der Waals surface area (Å²) in [5.74, 6) is 2.04. The van der Waals surface area contributed by atoms with Crippen molar-refractivity contribution < 1.29 is 19.0 Å². The van der Waals surface area contributed by atoms with Crippen molar-refractivity contribution in [2.45, 2.75) is 13.0 Å². The van der Waals surface area contributed by atoms with Gasteiger partial charge in [-0.05, 0) is 60.5 Å². The Morgan fingerprint density at radius 3 is 2.39 bits per heavy atom. The molecule has 0 fully saturated rings. The molecule has 5 rings (SSSR count). The van der Waals surface area contributed by atoms with Crippen LogP contribution in [0.15, 0.2) is 71.1 Å². The molecule has 0 radical (unpaired) electrons. The molecule has 33 heavy (non-hydrogen) atoms. The highest BCUT2D eigenvalue weighted by Crippen LogP contribution is 2.27. The third-order valence-electron chi connectivity index (χ3n) is 5.08. The Balaban J connectivity index is 1.39. The summed E-state index contributed by atoms with van der Waals surface area (Å²) in [7, 11) is 1.61. The van der Waals surface area contributed by atoms with Crippen LogP contribution >= 0.6 is 0 Å². The summed E-state index contributed by atoms with van der Waals surface area (Å²) in [6.07, 6.45) is 0.517. The highest BCUT2D eigenvalue weighted by atomic mass is 16.5. The second kappa shape index (κ2) is 9.09. The lowest BCUT2D eigenvalue weighted by atomic mass is 10.1. The van der Waals surface area contributed by atoms with E-state index in [1.54, 1.807) is 7.11 Å². The van der Waals surface area contributed by atoms with Crippen molar-refractivity contribution in [2.24, 2.45) is 0 Å². The molecule has 0 aliphatic carbocycles. The Hall–Kier alpha value is -4.24. The molecular weight excluding hydrogens is 422 g/mol. The van der Waals surface area contributed by atoms with E-state index >= 15 is 0 Å². The van der Waals surface area contributed by atoms with Crippen LogP contribution in [0.2, 0.25) is 0 Å². The number of hydrogen-bond donors (Lipinski definition) is 1. The molecule has 1 N–H and O–H groups in total. The van der Waals surface area contributed by atoms with E-state index in [-0.39, 0.29) is 13.2 Å². The van der Waals surface area contributed by atoms with E-state index in [1.165, 1.54) is 4.80 Å². The summed E-state index contributed by atoms with van der Waals surface area (Å²) in [6, 6.07) is 20.6. The van der Waals surface area contributed by atoms with E-state index in [1.807, 2.05) is 66.7 Å². The van der Waals surface area contributed by atoms with Crippen LogP contribution in [0.1, 0.15) is 11.5 Å². The predicted octanol–water partition coefficient (Wildman–Crippen LogP) is 3.59. The largest absolute Gasteiger partial charge is 0.497 e. The first-order valence-corrected chi connectivity index (χ1v) is 10.4. The van der Waals surface area contributed by atoms with E-state index in [9.17, 15) is 5.11 Å². The molecule has 0 saturated carbocycles. The number of aliphatic hydroxyl groups excluding tert-OH is 1. The Morgan fingerprint density at radius 1 is 0.939 bits per heavy atom. The molecule has 0 aliphatic heterocycles. The minimum Gasteiger partial charge on any atom is -0.497 e. The first kappa shape index (κ1) is 20.7. The number of rotatable bonds is 8. The third kappa shape index (κ3) is 4.39. The molecule has 0 saturated heterocycles. The fourth-order valence-corrected chi connectivity index (χ4v) is 3.40. The summed E-state index contributed by atoms with van der Waals surface area (Å²) in [6.45, 7) is 0.126. The van der Waals surface area contributed by atoms with Gasteiger partial charge in [0.05, 0.1) is 7.11 Å². The molecule has 2 aromatic heterocycles. The minimum atomic E-state index is 0.0459. The molecule has 2 heterocycles. The van der Waals surface area contributed by atoms with Crippen LogP contribution in [-0.4, -0.2) is 44.0 Å². The maximum atomic E-state index is 9.34. The zero-order chi connectivity index (χ0) is 22.6. The molecule has 3 aromatic carbocycles. The summed E-state index contributed by atoms with van der Waals surface area (Å²) in [5.41, 5.74) is 3.94. The lowest BCUT2D eigenvalue weighted by Crippen LogP contribution is -2.05. The number of nitrogens with zero attached hydrogens (tertiary/aromatic N) is 5. The van der Waals surface area contributed by atoms with E-state index in [4.69, 9.17) is 13.9 Å². The van der Waals surface area contributed by atoms with Crippen molar-refractivity contribution in [1.29, 1.82) is 0 Å². The number of fused-ring (bicyclic) bond motifs is 1. The zero-order valence-corrected chi connectivity index (χ0v) is 17.9. The number of hydrogen-bond acceptors (Lipinski definition) is 8. The average Bonchev–Trinajstić information content (AvgIpc) is 3.51. The highest BCUT2D eigenvalue weighted by Gasteiger charge is 2.14. The minimum absolute atomic E-state index is 0.0459. The van der Waals surface area contributed by atoms with Crippen LogP contribution in [-0.2, 0) is 13.0 Å². The van der Waals surface area contributed by atoms with Crippen molar-refractivity contribution in [1.82, 2.24) is 25.2 Å². The SMILES string of the molecule is COc1ccc(-c2nnc(COc3ccc(CCO)cc3-n3nc4ccccc4n3)o2)cc1. The molecule has 5 aromatic rings. The standard InChI is InChI=1S/C24H21N5O4/c1-31-18-9-7-17(8-10-18)24-26-25-23(33-24)15-32-22-11-6-16(12-13-30)14-21(22)29-27-19-4-2-3-5-20(19)28-29/h2-11,14,30H,12-13,15H2,1H3. The van der Waals surface area contributed by atoms with E-state index < -0.39 is 0 Å². The number of aliphatic hydroxyl groups is 1. The summed E-state index contributed by atoms with van der Waals surface area (Å²) in [4.78, 5) is 1.54. The summed E-state index contributed by atoms with van der Waals surface area (Å²) >= 11 is 0. The number of benzene rings is 3. The molecule has 0 unspecified atom stereocenters. The van der Waals surface area contributed by atoms with Crippen molar-refractivity contribution >= 4 is 11.0 Å². The molecule has 0 aliphatic rings. The fraction of sp³-hybridized carbons (Fsp3) is 0.167. The summed E-state index contributed by atoms with van der Waals surface area (Å²) < 4.78 is 17.0. The second-order valence-electron chi connectivity index (χ2n) is 7.27. The van der Waals surface area contributed by atoms with E-state index in [2.05, 4.69) is 20.4 Å². The Morgan fingerprint density at radius 2 is 1.70 bits per heavy atom.